The third-order valence-corrected chi connectivity index (χ3v) is 15.8. The predicted octanol–water partition coefficient (Wildman–Crippen LogP) is 15.7. The summed E-state index contributed by atoms with van der Waals surface area (Å²) in [7, 11) is 0. The van der Waals surface area contributed by atoms with Gasteiger partial charge in [-0.3, -0.25) is 0 Å². The summed E-state index contributed by atoms with van der Waals surface area (Å²) in [6, 6.07) is 27.8. The lowest BCUT2D eigenvalue weighted by molar-refractivity contribution is -0.537. The Morgan fingerprint density at radius 1 is 0.311 bits per heavy atom. The van der Waals surface area contributed by atoms with Crippen molar-refractivity contribution in [3.63, 3.8) is 0 Å². The molecular weight excluding hydrogens is 1220 g/mol. The summed E-state index contributed by atoms with van der Waals surface area (Å²) in [6.07, 6.45) is -4.05. The zero-order chi connectivity index (χ0) is 66.1. The van der Waals surface area contributed by atoms with Gasteiger partial charge in [0, 0.05) is 36.8 Å². The second kappa shape index (κ2) is 29.5. The molecule has 0 atom stereocenters. The van der Waals surface area contributed by atoms with Gasteiger partial charge in [-0.1, -0.05) is 110 Å². The molecule has 0 aromatic heterocycles. The predicted molar refractivity (Wildman–Crippen MR) is 308 cm³/mol. The molecule has 2 aliphatic rings. The fourth-order valence-electron chi connectivity index (χ4n) is 11.6. The summed E-state index contributed by atoms with van der Waals surface area (Å²) in [4.78, 5) is 0. The fraction of sp³-hybridized carbons (Fsp3) is 0.212. The Balaban J connectivity index is 0.000000234. The maximum absolute atomic E-state index is 15.7. The monoisotopic (exact) mass is 1280 g/mol. The minimum Gasteiger partial charge on any atom is -0.236 e. The maximum atomic E-state index is 15.7. The molecule has 0 amide bonds. The summed E-state index contributed by atoms with van der Waals surface area (Å²) in [5.74, 6) is -48.0. The standard InChI is InChI=1S/2C30H24BF10N.C6H6/c2*1-16(2)11-12-31(19-21(32)25(36)29(40)26(37)22(19)33,20-23(34)27(38)30(41)28(39)24(20)35)15-18(17-9-5-3-6-10-17)42-13-7-4-8-14-42;1-2-4-6-5-3-1/h2*3,5-6,9-12H,1,4,7-8,13-15H2,2H3;1-6H/b2*12-11+;. The zero-order valence-electron chi connectivity index (χ0n) is 48.1. The van der Waals surface area contributed by atoms with Crippen LogP contribution in [0.4, 0.5) is 87.8 Å². The molecule has 2 fully saturated rings. The van der Waals surface area contributed by atoms with E-state index in [0.717, 1.165) is 36.9 Å². The van der Waals surface area contributed by atoms with Crippen LogP contribution in [0.3, 0.4) is 0 Å². The van der Waals surface area contributed by atoms with Crippen LogP contribution in [0.2, 0.25) is 12.6 Å². The Hall–Kier alpha value is -8.43. The number of hydrogen-bond acceptors (Lipinski definition) is 0. The highest BCUT2D eigenvalue weighted by molar-refractivity contribution is 7.08. The molecule has 90 heavy (non-hydrogen) atoms. The number of nitrogens with zero attached hydrogens (tertiary/aromatic N) is 2. The van der Waals surface area contributed by atoms with Gasteiger partial charge in [-0.05, 0) is 51.0 Å². The molecular formula is C66H54B2F20N2. The average Bonchev–Trinajstić information content (AvgIpc) is 0.729. The molecule has 2 aliphatic heterocycles. The largest absolute Gasteiger partial charge is 0.236 e. The molecule has 0 N–H and O–H groups in total. The Kier molecular flexibility index (Phi) is 22.6. The molecule has 474 valence electrons. The first-order chi connectivity index (χ1) is 42.7. The molecule has 7 aromatic carbocycles. The van der Waals surface area contributed by atoms with Crippen molar-refractivity contribution in [3.8, 4) is 0 Å². The van der Waals surface area contributed by atoms with E-state index >= 15 is 35.1 Å². The number of hydrogen-bond donors (Lipinski definition) is 0. The maximum Gasteiger partial charge on any atom is 0.200 e. The lowest BCUT2D eigenvalue weighted by atomic mass is 9.16. The molecule has 2 nitrogen and oxygen atoms in total. The van der Waals surface area contributed by atoms with Gasteiger partial charge in [0.2, 0.25) is 0 Å². The number of piperidine rings is 2. The van der Waals surface area contributed by atoms with E-state index < -0.39 is 163 Å². The van der Waals surface area contributed by atoms with E-state index in [1.54, 1.807) is 69.8 Å². The van der Waals surface area contributed by atoms with Gasteiger partial charge >= 0.3 is 0 Å². The highest BCUT2D eigenvalue weighted by Crippen LogP contribution is 2.33. The van der Waals surface area contributed by atoms with Crippen LogP contribution in [0.1, 0.15) is 63.5 Å². The SMILES string of the molecule is C=C(C)/C=C/[B-](CC(c1ccccc1)=[N+]1CCCCC1)(c1c(F)c(F)c(F)c(F)c1F)c1c(F)c(F)c(F)c(F)c1F.C=C(C)/C=C/[B-](CC(c1ccccc1)=[N+]1CCCCC1)(c1c(F)c(F)c(F)c(F)c1F)c1c(F)c(F)c(F)c(F)c1F.c1ccccc1. The van der Waals surface area contributed by atoms with Crippen LogP contribution in [-0.2, 0) is 0 Å². The molecule has 24 heteroatoms. The van der Waals surface area contributed by atoms with E-state index in [0.29, 0.717) is 63.0 Å². The van der Waals surface area contributed by atoms with E-state index in [-0.39, 0.29) is 22.6 Å². The van der Waals surface area contributed by atoms with Crippen LogP contribution in [0, 0.1) is 116 Å². The highest BCUT2D eigenvalue weighted by Gasteiger charge is 2.46. The molecule has 0 aliphatic carbocycles. The smallest absolute Gasteiger partial charge is 0.200 e. The average molecular weight is 1280 g/mol. The zero-order valence-corrected chi connectivity index (χ0v) is 48.1. The van der Waals surface area contributed by atoms with Crippen LogP contribution >= 0.6 is 0 Å². The lowest BCUT2D eigenvalue weighted by Gasteiger charge is -2.40. The van der Waals surface area contributed by atoms with Crippen molar-refractivity contribution in [1.82, 2.24) is 0 Å². The quantitative estimate of drug-likeness (QED) is 0.0256. The Morgan fingerprint density at radius 2 is 0.500 bits per heavy atom. The third kappa shape index (κ3) is 14.0. The number of rotatable bonds is 14. The molecule has 0 radical (unpaired) electrons. The summed E-state index contributed by atoms with van der Waals surface area (Å²) in [5.41, 5.74) is -5.72. The first-order valence-corrected chi connectivity index (χ1v) is 28.1. The van der Waals surface area contributed by atoms with Crippen molar-refractivity contribution >= 4 is 45.6 Å². The van der Waals surface area contributed by atoms with Gasteiger partial charge in [-0.25, -0.2) is 109 Å². The van der Waals surface area contributed by atoms with Crippen molar-refractivity contribution in [2.75, 3.05) is 26.2 Å². The van der Waals surface area contributed by atoms with Crippen molar-refractivity contribution in [3.05, 3.63) is 273 Å². The molecule has 0 saturated carbocycles. The first-order valence-electron chi connectivity index (χ1n) is 28.1. The topological polar surface area (TPSA) is 6.02 Å². The minimum absolute atomic E-state index is 0.0910. The Labute approximate surface area is 505 Å². The van der Waals surface area contributed by atoms with Gasteiger partial charge in [0.1, 0.15) is 96.4 Å². The van der Waals surface area contributed by atoms with Crippen LogP contribution in [0.5, 0.6) is 0 Å². The summed E-state index contributed by atoms with van der Waals surface area (Å²) >= 11 is 0. The van der Waals surface area contributed by atoms with Crippen molar-refractivity contribution in [2.45, 2.75) is 65.0 Å². The summed E-state index contributed by atoms with van der Waals surface area (Å²) in [5, 5.41) is 0. The van der Waals surface area contributed by atoms with Crippen LogP contribution in [0.25, 0.3) is 0 Å². The lowest BCUT2D eigenvalue weighted by Crippen LogP contribution is -2.64. The minimum atomic E-state index is -4.17. The van der Waals surface area contributed by atoms with Crippen molar-refractivity contribution < 1.29 is 97.0 Å². The molecule has 2 saturated heterocycles. The molecule has 7 aromatic rings. The van der Waals surface area contributed by atoms with Gasteiger partial charge in [0.25, 0.3) is 0 Å². The number of halogens is 20. The molecule has 0 bridgehead atoms. The van der Waals surface area contributed by atoms with Crippen molar-refractivity contribution in [2.24, 2.45) is 0 Å². The molecule has 2 heterocycles. The highest BCUT2D eigenvalue weighted by atomic mass is 19.2. The van der Waals surface area contributed by atoms with E-state index in [4.69, 9.17) is 0 Å². The van der Waals surface area contributed by atoms with Crippen LogP contribution in [0.15, 0.2) is 145 Å². The van der Waals surface area contributed by atoms with Gasteiger partial charge < -0.3 is 0 Å². The Bertz CT molecular complexity index is 3440. The van der Waals surface area contributed by atoms with Gasteiger partial charge in [-0.15, -0.1) is 34.0 Å². The second-order valence-corrected chi connectivity index (χ2v) is 21.9. The Morgan fingerprint density at radius 3 is 0.700 bits per heavy atom. The number of benzene rings is 7. The summed E-state index contributed by atoms with van der Waals surface area (Å²) < 4.78 is 303. The van der Waals surface area contributed by atoms with Crippen molar-refractivity contribution in [1.29, 1.82) is 0 Å². The van der Waals surface area contributed by atoms with Crippen LogP contribution < -0.4 is 21.9 Å². The molecule has 0 unspecified atom stereocenters. The normalized spacial score (nSPS) is 13.7. The molecule has 9 rings (SSSR count). The van der Waals surface area contributed by atoms with Gasteiger partial charge in [0.05, 0.1) is 0 Å². The third-order valence-electron chi connectivity index (χ3n) is 15.8. The molecule has 0 spiro atoms. The number of allylic oxidation sites excluding steroid dienone is 4. The first kappa shape index (κ1) is 69.1. The van der Waals surface area contributed by atoms with E-state index in [1.165, 1.54) is 13.8 Å². The van der Waals surface area contributed by atoms with E-state index in [2.05, 4.69) is 13.2 Å². The fourth-order valence-corrected chi connectivity index (χ4v) is 11.6. The van der Waals surface area contributed by atoms with E-state index in [9.17, 15) is 52.7 Å². The van der Waals surface area contributed by atoms with Gasteiger partial charge in [-0.2, -0.15) is 0 Å². The van der Waals surface area contributed by atoms with Crippen LogP contribution in [-0.4, -0.2) is 59.0 Å². The second-order valence-electron chi connectivity index (χ2n) is 21.9. The van der Waals surface area contributed by atoms with E-state index in [1.807, 2.05) is 36.4 Å². The summed E-state index contributed by atoms with van der Waals surface area (Å²) in [6.45, 7) is 11.2. The van der Waals surface area contributed by atoms with Gasteiger partial charge in [0.15, 0.2) is 69.8 Å².